The highest BCUT2D eigenvalue weighted by Crippen LogP contribution is 2.40. The van der Waals surface area contributed by atoms with Crippen LogP contribution in [-0.2, 0) is 12.8 Å². The number of carbonyl (C=O) groups is 1. The van der Waals surface area contributed by atoms with E-state index in [-0.39, 0.29) is 28.6 Å². The number of ketones is 1. The van der Waals surface area contributed by atoms with E-state index >= 15 is 0 Å². The Balaban J connectivity index is 1.57. The number of aromatic nitrogens is 2. The first kappa shape index (κ1) is 18.1. The summed E-state index contributed by atoms with van der Waals surface area (Å²) in [6.07, 6.45) is 3.21. The van der Waals surface area contributed by atoms with Gasteiger partial charge in [-0.3, -0.25) is 4.79 Å². The molecule has 3 aromatic rings. The van der Waals surface area contributed by atoms with Crippen LogP contribution in [0.4, 0.5) is 5.82 Å². The van der Waals surface area contributed by atoms with Crippen molar-refractivity contribution in [3.8, 4) is 11.5 Å². The third kappa shape index (κ3) is 3.46. The molecule has 0 saturated carbocycles. The van der Waals surface area contributed by atoms with E-state index in [4.69, 9.17) is 5.73 Å². The molecule has 8 heteroatoms. The molecule has 0 saturated heterocycles. The number of carbonyl (C=O) groups excluding carboxylic acids is 1. The van der Waals surface area contributed by atoms with Gasteiger partial charge < -0.3 is 15.9 Å². The van der Waals surface area contributed by atoms with Crippen LogP contribution in [0.15, 0.2) is 23.4 Å². The number of anilines is 1. The molecular weight excluding hydrogens is 382 g/mol. The number of phenolic OH excluding ortho intramolecular Hbond substituents is 2. The first-order chi connectivity index (χ1) is 12.9. The van der Waals surface area contributed by atoms with Crippen LogP contribution in [0.5, 0.6) is 11.5 Å². The monoisotopic (exact) mass is 401 g/mol. The summed E-state index contributed by atoms with van der Waals surface area (Å²) in [5.74, 6) is 0.620. The topological polar surface area (TPSA) is 109 Å². The lowest BCUT2D eigenvalue weighted by Gasteiger charge is -2.17. The van der Waals surface area contributed by atoms with Crippen LogP contribution < -0.4 is 5.73 Å². The SMILES string of the molecule is CC1CCc2c(sc3nc(SCC(=O)c4ccc(O)cc4O)nc(N)c23)C1. The molecule has 4 rings (SSSR count). The van der Waals surface area contributed by atoms with Crippen molar-refractivity contribution in [1.82, 2.24) is 9.97 Å². The molecule has 1 aliphatic carbocycles. The molecule has 0 radical (unpaired) electrons. The van der Waals surface area contributed by atoms with Crippen molar-refractivity contribution in [2.24, 2.45) is 5.92 Å². The predicted octanol–water partition coefficient (Wildman–Crippen LogP) is 3.78. The highest BCUT2D eigenvalue weighted by atomic mass is 32.2. The first-order valence-corrected chi connectivity index (χ1v) is 10.5. The Kier molecular flexibility index (Phi) is 4.69. The number of aromatic hydroxyl groups is 2. The smallest absolute Gasteiger partial charge is 0.191 e. The molecular formula is C19H19N3O3S2. The minimum atomic E-state index is -0.265. The van der Waals surface area contributed by atoms with Gasteiger partial charge in [0.25, 0.3) is 0 Å². The zero-order chi connectivity index (χ0) is 19.1. The molecule has 1 aliphatic rings. The summed E-state index contributed by atoms with van der Waals surface area (Å²) in [5.41, 5.74) is 7.65. The zero-order valence-electron chi connectivity index (χ0n) is 14.7. The van der Waals surface area contributed by atoms with Crippen molar-refractivity contribution >= 4 is 44.9 Å². The lowest BCUT2D eigenvalue weighted by atomic mass is 9.89. The quantitative estimate of drug-likeness (QED) is 0.347. The van der Waals surface area contributed by atoms with Gasteiger partial charge in [0.05, 0.1) is 16.7 Å². The van der Waals surface area contributed by atoms with E-state index in [9.17, 15) is 15.0 Å². The van der Waals surface area contributed by atoms with Crippen LogP contribution in [-0.4, -0.2) is 31.7 Å². The third-order valence-corrected chi connectivity index (χ3v) is 6.77. The van der Waals surface area contributed by atoms with Gasteiger partial charge in [0.15, 0.2) is 10.9 Å². The van der Waals surface area contributed by atoms with E-state index in [0.29, 0.717) is 16.9 Å². The normalized spacial score (nSPS) is 16.4. The molecule has 0 amide bonds. The number of thioether (sulfide) groups is 1. The molecule has 1 aromatic carbocycles. The summed E-state index contributed by atoms with van der Waals surface area (Å²) in [4.78, 5) is 23.6. The second-order valence-electron chi connectivity index (χ2n) is 6.84. The molecule has 0 spiro atoms. The van der Waals surface area contributed by atoms with Gasteiger partial charge in [-0.25, -0.2) is 9.97 Å². The molecule has 1 unspecified atom stereocenters. The molecule has 6 nitrogen and oxygen atoms in total. The number of nitrogens with zero attached hydrogens (tertiary/aromatic N) is 2. The molecule has 4 N–H and O–H groups in total. The first-order valence-electron chi connectivity index (χ1n) is 8.68. The molecule has 27 heavy (non-hydrogen) atoms. The number of Topliss-reactive ketones (excluding diaryl/α,β-unsaturated/α-hetero) is 1. The van der Waals surface area contributed by atoms with E-state index in [1.807, 2.05) is 0 Å². The Labute approximate surface area is 164 Å². The Bertz CT molecular complexity index is 1050. The number of phenols is 2. The minimum Gasteiger partial charge on any atom is -0.508 e. The number of nitrogen functional groups attached to an aromatic ring is 1. The van der Waals surface area contributed by atoms with Gasteiger partial charge in [0.2, 0.25) is 0 Å². The Hall–Kier alpha value is -2.32. The number of rotatable bonds is 4. The second-order valence-corrected chi connectivity index (χ2v) is 8.86. The standard InChI is InChI=1S/C19H19N3O3S2/c1-9-2-4-12-15(6-9)27-18-16(12)17(20)21-19(22-18)26-8-14(25)11-5-3-10(23)7-13(11)24/h3,5,7,9,23-24H,2,4,6,8H2,1H3,(H2,20,21,22). The predicted molar refractivity (Wildman–Crippen MR) is 108 cm³/mol. The molecule has 2 heterocycles. The van der Waals surface area contributed by atoms with E-state index in [2.05, 4.69) is 16.9 Å². The Morgan fingerprint density at radius 3 is 2.96 bits per heavy atom. The average molecular weight is 402 g/mol. The second kappa shape index (κ2) is 7.01. The lowest BCUT2D eigenvalue weighted by Crippen LogP contribution is -2.09. The van der Waals surface area contributed by atoms with Crippen molar-refractivity contribution in [1.29, 1.82) is 0 Å². The largest absolute Gasteiger partial charge is 0.508 e. The number of nitrogens with two attached hydrogens (primary N) is 1. The maximum Gasteiger partial charge on any atom is 0.191 e. The van der Waals surface area contributed by atoms with Gasteiger partial charge in [-0.2, -0.15) is 0 Å². The van der Waals surface area contributed by atoms with E-state index in [1.165, 1.54) is 34.3 Å². The molecule has 0 bridgehead atoms. The summed E-state index contributed by atoms with van der Waals surface area (Å²) in [5, 5.41) is 20.6. The minimum absolute atomic E-state index is 0.0748. The van der Waals surface area contributed by atoms with Crippen LogP contribution in [0.25, 0.3) is 10.2 Å². The number of hydrogen-bond donors (Lipinski definition) is 3. The van der Waals surface area contributed by atoms with E-state index < -0.39 is 0 Å². The fraction of sp³-hybridized carbons (Fsp3) is 0.316. The number of thiophene rings is 1. The number of benzene rings is 1. The number of aryl methyl sites for hydroxylation is 1. The maximum atomic E-state index is 12.3. The van der Waals surface area contributed by atoms with Crippen LogP contribution >= 0.6 is 23.1 Å². The van der Waals surface area contributed by atoms with Gasteiger partial charge in [0, 0.05) is 10.9 Å². The van der Waals surface area contributed by atoms with Crippen molar-refractivity contribution in [2.75, 3.05) is 11.5 Å². The maximum absolute atomic E-state index is 12.3. The van der Waals surface area contributed by atoms with Crippen LogP contribution in [0.2, 0.25) is 0 Å². The van der Waals surface area contributed by atoms with Gasteiger partial charge in [0.1, 0.15) is 22.1 Å². The van der Waals surface area contributed by atoms with Gasteiger partial charge in [-0.1, -0.05) is 18.7 Å². The summed E-state index contributed by atoms with van der Waals surface area (Å²) in [6.45, 7) is 2.26. The van der Waals surface area contributed by atoms with Gasteiger partial charge >= 0.3 is 0 Å². The van der Waals surface area contributed by atoms with Crippen molar-refractivity contribution in [3.05, 3.63) is 34.2 Å². The zero-order valence-corrected chi connectivity index (χ0v) is 16.4. The lowest BCUT2D eigenvalue weighted by molar-refractivity contribution is 0.102. The highest BCUT2D eigenvalue weighted by Gasteiger charge is 2.23. The summed E-state index contributed by atoms with van der Waals surface area (Å²) in [7, 11) is 0. The Morgan fingerprint density at radius 2 is 2.19 bits per heavy atom. The van der Waals surface area contributed by atoms with Crippen LogP contribution in [0, 0.1) is 5.92 Å². The molecule has 0 fully saturated rings. The summed E-state index contributed by atoms with van der Waals surface area (Å²) in [6, 6.07) is 3.92. The average Bonchev–Trinajstić information content (AvgIpc) is 2.97. The Morgan fingerprint density at radius 1 is 1.37 bits per heavy atom. The van der Waals surface area contributed by atoms with Gasteiger partial charge in [-0.15, -0.1) is 11.3 Å². The number of hydrogen-bond acceptors (Lipinski definition) is 8. The van der Waals surface area contributed by atoms with Gasteiger partial charge in [-0.05, 0) is 42.9 Å². The van der Waals surface area contributed by atoms with E-state index in [0.717, 1.165) is 35.5 Å². The molecule has 2 aromatic heterocycles. The summed E-state index contributed by atoms with van der Waals surface area (Å²) >= 11 is 2.86. The summed E-state index contributed by atoms with van der Waals surface area (Å²) < 4.78 is 0. The van der Waals surface area contributed by atoms with Crippen molar-refractivity contribution in [3.63, 3.8) is 0 Å². The highest BCUT2D eigenvalue weighted by molar-refractivity contribution is 7.99. The van der Waals surface area contributed by atoms with Crippen LogP contribution in [0.3, 0.4) is 0 Å². The molecule has 140 valence electrons. The molecule has 0 aliphatic heterocycles. The molecule has 1 atom stereocenters. The fourth-order valence-electron chi connectivity index (χ4n) is 3.38. The number of fused-ring (bicyclic) bond motifs is 3. The van der Waals surface area contributed by atoms with Crippen LogP contribution in [0.1, 0.15) is 34.1 Å². The van der Waals surface area contributed by atoms with Crippen molar-refractivity contribution in [2.45, 2.75) is 31.3 Å². The van der Waals surface area contributed by atoms with Crippen molar-refractivity contribution < 1.29 is 15.0 Å². The van der Waals surface area contributed by atoms with E-state index in [1.54, 1.807) is 11.3 Å². The third-order valence-electron chi connectivity index (χ3n) is 4.78. The fourth-order valence-corrected chi connectivity index (χ4v) is 5.56.